The Morgan fingerprint density at radius 1 is 1.19 bits per heavy atom. The molecule has 0 radical (unpaired) electrons. The van der Waals surface area contributed by atoms with Crippen LogP contribution in [0.1, 0.15) is 97.1 Å². The van der Waals surface area contributed by atoms with Crippen LogP contribution >= 0.6 is 0 Å². The number of hydrogen-bond donors (Lipinski definition) is 1. The summed E-state index contributed by atoms with van der Waals surface area (Å²) >= 11 is 0. The summed E-state index contributed by atoms with van der Waals surface area (Å²) in [6.45, 7) is 16.0. The molecule has 0 saturated heterocycles. The third kappa shape index (κ3) is 5.86. The fraction of sp³-hybridized carbons (Fsp3) is 0.472. The average molecular weight is 571 g/mol. The number of nitrogens with one attached hydrogen (secondary N) is 1. The second-order valence-corrected chi connectivity index (χ2v) is 11.7. The lowest BCUT2D eigenvalue weighted by Crippen LogP contribution is -2.50. The Bertz CT molecular complexity index is 1390. The van der Waals surface area contributed by atoms with Gasteiger partial charge in [0.05, 0.1) is 22.5 Å². The molecule has 1 aliphatic heterocycles. The number of carbonyl (C=O) groups excluding carboxylic acids is 1. The van der Waals surface area contributed by atoms with Crippen molar-refractivity contribution in [3.63, 3.8) is 0 Å². The second-order valence-electron chi connectivity index (χ2n) is 11.7. The number of fused-ring (bicyclic) bond motifs is 1. The first-order valence-electron chi connectivity index (χ1n) is 15.7. The van der Waals surface area contributed by atoms with Gasteiger partial charge in [0, 0.05) is 29.1 Å². The molecule has 1 aromatic heterocycles. The van der Waals surface area contributed by atoms with Crippen molar-refractivity contribution in [2.45, 2.75) is 104 Å². The zero-order valence-corrected chi connectivity index (χ0v) is 26.3. The Morgan fingerprint density at radius 3 is 2.50 bits per heavy atom. The minimum atomic E-state index is -0.465. The minimum Gasteiger partial charge on any atom is -0.338 e. The zero-order valence-electron chi connectivity index (χ0n) is 26.3. The molecule has 1 aromatic carbocycles. The highest BCUT2D eigenvalue weighted by Gasteiger charge is 2.53. The number of amides is 1. The van der Waals surface area contributed by atoms with Gasteiger partial charge < -0.3 is 10.2 Å². The Labute approximate surface area is 251 Å². The second kappa shape index (κ2) is 13.6. The molecule has 0 atom stereocenters. The molecule has 42 heavy (non-hydrogen) atoms. The van der Waals surface area contributed by atoms with Gasteiger partial charge in [-0.1, -0.05) is 71.7 Å². The van der Waals surface area contributed by atoms with Gasteiger partial charge in [0.15, 0.2) is 0 Å². The molecule has 2 heterocycles. The molecular weight excluding hydrogens is 523 g/mol. The van der Waals surface area contributed by atoms with Gasteiger partial charge in [0.2, 0.25) is 5.91 Å². The topological polar surface area (TPSA) is 57.6 Å². The molecule has 0 bridgehead atoms. The number of benzene rings is 1. The van der Waals surface area contributed by atoms with E-state index in [1.807, 2.05) is 33.1 Å². The molecule has 0 unspecified atom stereocenters. The predicted molar refractivity (Wildman–Crippen MR) is 175 cm³/mol. The number of pyridine rings is 1. The highest BCUT2D eigenvalue weighted by Crippen LogP contribution is 2.52. The van der Waals surface area contributed by atoms with Crippen LogP contribution in [0.15, 0.2) is 65.6 Å². The van der Waals surface area contributed by atoms with Gasteiger partial charge in [-0.05, 0) is 81.7 Å². The monoisotopic (exact) mass is 570 g/mol. The van der Waals surface area contributed by atoms with Crippen LogP contribution in [0.25, 0.3) is 11.3 Å². The van der Waals surface area contributed by atoms with E-state index < -0.39 is 11.2 Å². The Balaban J connectivity index is 1.88. The molecule has 2 aliphatic rings. The summed E-state index contributed by atoms with van der Waals surface area (Å²) in [4.78, 5) is 26.1. The van der Waals surface area contributed by atoms with Gasteiger partial charge in [-0.15, -0.1) is 0 Å². The number of hydrogen-bond acceptors (Lipinski definition) is 4. The van der Waals surface area contributed by atoms with Crippen LogP contribution in [-0.2, 0) is 10.2 Å². The fourth-order valence-electron chi connectivity index (χ4n) is 6.59. The number of nitrogens with zero attached hydrogens (tertiary/aromatic N) is 3. The number of anilines is 2. The normalized spacial score (nSPS) is 20.2. The first-order valence-corrected chi connectivity index (χ1v) is 15.7. The zero-order chi connectivity index (χ0) is 30.4. The standard InChI is InChI=1S/C36H47FN4O/c1-8-14-30(29(37)13-6)39-34-24(7)31(38-19-11-4)23-32(40-34)26-15-16-28-33(22-26)41(27-20-25(12-5)21-27)35(42)36(28,17-9-2)18-10-3/h8,13-16,19,22-23,25,27H,6,9-12,17-18,20-21H2,1-5,7H3,(H,39,40)/b14-8-,30-29-,38-19?. The first-order chi connectivity index (χ1) is 20.3. The largest absolute Gasteiger partial charge is 0.338 e. The number of rotatable bonds is 13. The van der Waals surface area contributed by atoms with Gasteiger partial charge in [-0.2, -0.15) is 0 Å². The van der Waals surface area contributed by atoms with E-state index in [2.05, 4.69) is 55.8 Å². The molecule has 0 spiro atoms. The van der Waals surface area contributed by atoms with Crippen LogP contribution in [-0.4, -0.2) is 23.1 Å². The fourth-order valence-corrected chi connectivity index (χ4v) is 6.59. The minimum absolute atomic E-state index is 0.246. The Hall–Kier alpha value is -3.54. The quantitative estimate of drug-likeness (QED) is 0.193. The van der Waals surface area contributed by atoms with Crippen LogP contribution in [0.2, 0.25) is 0 Å². The van der Waals surface area contributed by atoms with Gasteiger partial charge in [0.25, 0.3) is 0 Å². The highest BCUT2D eigenvalue weighted by molar-refractivity contribution is 6.09. The third-order valence-corrected chi connectivity index (χ3v) is 8.88. The van der Waals surface area contributed by atoms with Crippen molar-refractivity contribution in [2.24, 2.45) is 10.9 Å². The smallest absolute Gasteiger partial charge is 0.237 e. The van der Waals surface area contributed by atoms with Crippen molar-refractivity contribution in [1.82, 2.24) is 4.98 Å². The lowest BCUT2D eigenvalue weighted by molar-refractivity contribution is -0.124. The molecule has 1 saturated carbocycles. The Morgan fingerprint density at radius 2 is 1.90 bits per heavy atom. The van der Waals surface area contributed by atoms with Crippen LogP contribution in [0.3, 0.4) is 0 Å². The van der Waals surface area contributed by atoms with Gasteiger partial charge in [0.1, 0.15) is 11.6 Å². The number of allylic oxidation sites excluding steroid dienone is 4. The van der Waals surface area contributed by atoms with E-state index in [4.69, 9.17) is 9.98 Å². The molecule has 1 aliphatic carbocycles. The van der Waals surface area contributed by atoms with Crippen LogP contribution < -0.4 is 10.2 Å². The van der Waals surface area contributed by atoms with Crippen LogP contribution in [0.5, 0.6) is 0 Å². The number of halogens is 1. The van der Waals surface area contributed by atoms with E-state index in [-0.39, 0.29) is 17.6 Å². The number of aromatic nitrogens is 1. The van der Waals surface area contributed by atoms with E-state index in [9.17, 15) is 9.18 Å². The molecule has 224 valence electrons. The summed E-state index contributed by atoms with van der Waals surface area (Å²) in [6.07, 6.45) is 14.2. The van der Waals surface area contributed by atoms with E-state index >= 15 is 0 Å². The predicted octanol–water partition coefficient (Wildman–Crippen LogP) is 9.90. The van der Waals surface area contributed by atoms with Crippen molar-refractivity contribution < 1.29 is 9.18 Å². The summed E-state index contributed by atoms with van der Waals surface area (Å²) in [6, 6.07) is 8.64. The van der Waals surface area contributed by atoms with Crippen molar-refractivity contribution in [2.75, 3.05) is 10.2 Å². The summed E-state index contributed by atoms with van der Waals surface area (Å²) in [5.74, 6) is 1.03. The molecule has 6 heteroatoms. The number of aliphatic imine (C=N–C) groups is 1. The van der Waals surface area contributed by atoms with Gasteiger partial charge in [-0.3, -0.25) is 9.79 Å². The summed E-state index contributed by atoms with van der Waals surface area (Å²) in [5, 5.41) is 3.19. The van der Waals surface area contributed by atoms with Crippen molar-refractivity contribution >= 4 is 29.3 Å². The summed E-state index contributed by atoms with van der Waals surface area (Å²) < 4.78 is 14.7. The molecule has 2 aromatic rings. The number of carbonyl (C=O) groups is 1. The molecule has 1 fully saturated rings. The maximum Gasteiger partial charge on any atom is 0.237 e. The van der Waals surface area contributed by atoms with E-state index in [1.54, 1.807) is 12.2 Å². The molecule has 5 nitrogen and oxygen atoms in total. The van der Waals surface area contributed by atoms with Gasteiger partial charge >= 0.3 is 0 Å². The van der Waals surface area contributed by atoms with Crippen molar-refractivity contribution in [1.29, 1.82) is 0 Å². The third-order valence-electron chi connectivity index (χ3n) is 8.88. The summed E-state index contributed by atoms with van der Waals surface area (Å²) in [5.41, 5.74) is 5.24. The molecule has 1 amide bonds. The van der Waals surface area contributed by atoms with Gasteiger partial charge in [-0.25, -0.2) is 9.37 Å². The van der Waals surface area contributed by atoms with Crippen LogP contribution in [0.4, 0.5) is 21.6 Å². The maximum atomic E-state index is 14.7. The van der Waals surface area contributed by atoms with E-state index in [1.165, 1.54) is 6.08 Å². The summed E-state index contributed by atoms with van der Waals surface area (Å²) in [7, 11) is 0. The van der Waals surface area contributed by atoms with E-state index in [0.717, 1.165) is 85.1 Å². The van der Waals surface area contributed by atoms with E-state index in [0.29, 0.717) is 11.7 Å². The van der Waals surface area contributed by atoms with Crippen molar-refractivity contribution in [3.8, 4) is 11.3 Å². The average Bonchev–Trinajstić information content (AvgIpc) is 3.19. The SMILES string of the molecule is C=C/C(F)=C(\C=C/C)Nc1nc(-c2ccc3c(c2)N(C2CC(CC)C2)C(=O)C3(CCC)CCC)cc(N=CCC)c1C. The highest BCUT2D eigenvalue weighted by atomic mass is 19.1. The Kier molecular flexibility index (Phi) is 10.2. The molecule has 4 rings (SSSR count). The first kappa shape index (κ1) is 31.4. The molecular formula is C36H47FN4O. The van der Waals surface area contributed by atoms with Crippen LogP contribution in [0, 0.1) is 12.8 Å². The lowest BCUT2D eigenvalue weighted by Gasteiger charge is -2.42. The maximum absolute atomic E-state index is 14.7. The van der Waals surface area contributed by atoms with Crippen molar-refractivity contribution in [3.05, 3.63) is 71.7 Å². The molecule has 1 N–H and O–H groups in total. The lowest BCUT2D eigenvalue weighted by atomic mass is 9.73.